The third kappa shape index (κ3) is 4.54. The van der Waals surface area contributed by atoms with Gasteiger partial charge in [-0.25, -0.2) is 14.5 Å². The topological polar surface area (TPSA) is 106 Å². The molecule has 39 heavy (non-hydrogen) atoms. The number of H-pyrrole nitrogens is 1. The van der Waals surface area contributed by atoms with Crippen LogP contribution in [0, 0.1) is 18.3 Å². The molecule has 3 aromatic heterocycles. The maximum absolute atomic E-state index is 13.1. The van der Waals surface area contributed by atoms with E-state index < -0.39 is 5.97 Å². The van der Waals surface area contributed by atoms with Crippen molar-refractivity contribution in [2.24, 2.45) is 0 Å². The maximum atomic E-state index is 13.1. The number of fused-ring (bicyclic) bond motifs is 2. The highest BCUT2D eigenvalue weighted by Gasteiger charge is 2.20. The molecular weight excluding hydrogens is 510 g/mol. The van der Waals surface area contributed by atoms with Gasteiger partial charge in [-0.1, -0.05) is 36.4 Å². The van der Waals surface area contributed by atoms with Gasteiger partial charge in [0.25, 0.3) is 0 Å². The number of allylic oxidation sites excluding steroid dienone is 1. The minimum atomic E-state index is -0.489. The van der Waals surface area contributed by atoms with Gasteiger partial charge in [-0.05, 0) is 61.0 Å². The number of nitrogens with one attached hydrogen (secondary N) is 1. The number of nitrogens with zero attached hydrogens (tertiary/aromatic N) is 4. The van der Waals surface area contributed by atoms with E-state index in [4.69, 9.17) is 9.47 Å². The molecule has 0 radical (unpaired) electrons. The van der Waals surface area contributed by atoms with Gasteiger partial charge in [-0.3, -0.25) is 0 Å². The van der Waals surface area contributed by atoms with Gasteiger partial charge in [0.2, 0.25) is 0 Å². The Labute approximate surface area is 227 Å². The van der Waals surface area contributed by atoms with Crippen LogP contribution in [-0.2, 0) is 0 Å². The summed E-state index contributed by atoms with van der Waals surface area (Å²) in [6.07, 6.45) is 1.70. The average molecular weight is 532 g/mol. The summed E-state index contributed by atoms with van der Waals surface area (Å²) in [5, 5.41) is 15.3. The summed E-state index contributed by atoms with van der Waals surface area (Å²) in [5.41, 5.74) is 4.44. The van der Waals surface area contributed by atoms with Crippen LogP contribution in [0.2, 0.25) is 0 Å². The van der Waals surface area contributed by atoms with E-state index in [2.05, 4.69) is 21.1 Å². The van der Waals surface area contributed by atoms with Gasteiger partial charge in [0.1, 0.15) is 21.6 Å². The highest BCUT2D eigenvalue weighted by Crippen LogP contribution is 2.34. The summed E-state index contributed by atoms with van der Waals surface area (Å²) in [6, 6.07) is 26.5. The normalized spacial score (nSPS) is 11.6. The molecule has 0 saturated heterocycles. The van der Waals surface area contributed by atoms with Gasteiger partial charge in [-0.2, -0.15) is 10.4 Å². The fourth-order valence-electron chi connectivity index (χ4n) is 4.30. The Balaban J connectivity index is 1.27. The van der Waals surface area contributed by atoms with Crippen molar-refractivity contribution in [2.45, 2.75) is 6.92 Å². The van der Waals surface area contributed by atoms with Gasteiger partial charge < -0.3 is 14.5 Å². The molecule has 1 N–H and O–H groups in total. The lowest BCUT2D eigenvalue weighted by Crippen LogP contribution is -2.07. The number of aromatic nitrogens is 4. The highest BCUT2D eigenvalue weighted by molar-refractivity contribution is 7.20. The molecule has 0 bridgehead atoms. The van der Waals surface area contributed by atoms with Gasteiger partial charge in [-0.15, -0.1) is 11.3 Å². The van der Waals surface area contributed by atoms with Crippen LogP contribution in [0.4, 0.5) is 0 Å². The van der Waals surface area contributed by atoms with Crippen LogP contribution in [0.5, 0.6) is 11.5 Å². The molecular formula is C30H21N5O3S. The predicted octanol–water partition coefficient (Wildman–Crippen LogP) is 6.56. The Morgan fingerprint density at radius 3 is 2.62 bits per heavy atom. The van der Waals surface area contributed by atoms with Crippen LogP contribution >= 0.6 is 11.3 Å². The standard InChI is InChI=1S/C30H21N5O3S/c1-18-22-16-27(39-29(22)35(34-18)21-8-4-3-5-9-21)30(36)38-25-13-12-19(15-26(25)37-2)14-20(17-31)28-32-23-10-6-7-11-24(23)33-28/h3-16H,1-2H3,(H,32,33). The smallest absolute Gasteiger partial charge is 0.353 e. The van der Waals surface area contributed by atoms with E-state index in [1.54, 1.807) is 30.3 Å². The number of thiophene rings is 1. The Morgan fingerprint density at radius 1 is 1.05 bits per heavy atom. The summed E-state index contributed by atoms with van der Waals surface area (Å²) in [5.74, 6) is 0.631. The summed E-state index contributed by atoms with van der Waals surface area (Å²) >= 11 is 1.32. The number of methoxy groups -OCH3 is 1. The molecule has 0 aliphatic rings. The predicted molar refractivity (Wildman–Crippen MR) is 151 cm³/mol. The van der Waals surface area contributed by atoms with E-state index in [0.29, 0.717) is 27.6 Å². The number of rotatable bonds is 6. The number of ether oxygens (including phenoxy) is 2. The molecule has 3 aromatic carbocycles. The van der Waals surface area contributed by atoms with E-state index >= 15 is 0 Å². The lowest BCUT2D eigenvalue weighted by Gasteiger charge is -2.09. The first-order valence-electron chi connectivity index (χ1n) is 12.1. The van der Waals surface area contributed by atoms with Gasteiger partial charge >= 0.3 is 5.97 Å². The highest BCUT2D eigenvalue weighted by atomic mass is 32.1. The molecule has 0 fully saturated rings. The van der Waals surface area contributed by atoms with Crippen molar-refractivity contribution in [3.8, 4) is 23.3 Å². The summed E-state index contributed by atoms with van der Waals surface area (Å²) in [7, 11) is 1.50. The van der Waals surface area contributed by atoms with Crippen molar-refractivity contribution in [1.29, 1.82) is 5.26 Å². The third-order valence-electron chi connectivity index (χ3n) is 6.21. The van der Waals surface area contributed by atoms with E-state index in [9.17, 15) is 10.1 Å². The zero-order chi connectivity index (χ0) is 26.9. The number of nitriles is 1. The minimum Gasteiger partial charge on any atom is -0.493 e. The molecule has 0 atom stereocenters. The van der Waals surface area contributed by atoms with Crippen LogP contribution in [0.15, 0.2) is 78.9 Å². The Morgan fingerprint density at radius 2 is 1.85 bits per heavy atom. The molecule has 6 aromatic rings. The first-order valence-corrected chi connectivity index (χ1v) is 12.9. The quantitative estimate of drug-likeness (QED) is 0.148. The van der Waals surface area contributed by atoms with E-state index in [1.165, 1.54) is 18.4 Å². The molecule has 0 aliphatic carbocycles. The van der Waals surface area contributed by atoms with Crippen LogP contribution in [-0.4, -0.2) is 32.8 Å². The van der Waals surface area contributed by atoms with Crippen molar-refractivity contribution < 1.29 is 14.3 Å². The number of imidazole rings is 1. The molecule has 0 saturated carbocycles. The zero-order valence-electron chi connectivity index (χ0n) is 21.0. The van der Waals surface area contributed by atoms with Crippen LogP contribution in [0.1, 0.15) is 26.8 Å². The van der Waals surface area contributed by atoms with Crippen LogP contribution < -0.4 is 9.47 Å². The number of aromatic amines is 1. The Bertz CT molecular complexity index is 1890. The van der Waals surface area contributed by atoms with Gasteiger partial charge in [0.05, 0.1) is 35.1 Å². The maximum Gasteiger partial charge on any atom is 0.353 e. The van der Waals surface area contributed by atoms with E-state index in [0.717, 1.165) is 32.6 Å². The first-order chi connectivity index (χ1) is 19.0. The second kappa shape index (κ2) is 9.93. The van der Waals surface area contributed by atoms with Crippen LogP contribution in [0.25, 0.3) is 38.6 Å². The van der Waals surface area contributed by atoms with Gasteiger partial charge in [0.15, 0.2) is 11.5 Å². The number of aryl methyl sites for hydroxylation is 1. The van der Waals surface area contributed by atoms with Crippen molar-refractivity contribution in [2.75, 3.05) is 7.11 Å². The summed E-state index contributed by atoms with van der Waals surface area (Å²) in [4.78, 5) is 22.1. The number of hydrogen-bond acceptors (Lipinski definition) is 7. The van der Waals surface area contributed by atoms with Crippen molar-refractivity contribution in [3.05, 3.63) is 101 Å². The number of benzene rings is 3. The molecule has 3 heterocycles. The summed E-state index contributed by atoms with van der Waals surface area (Å²) < 4.78 is 13.1. The fourth-order valence-corrected chi connectivity index (χ4v) is 5.36. The minimum absolute atomic E-state index is 0.278. The Kier molecular flexibility index (Phi) is 6.15. The average Bonchev–Trinajstić information content (AvgIpc) is 3.67. The first kappa shape index (κ1) is 24.2. The molecule has 0 spiro atoms. The second-order valence-electron chi connectivity index (χ2n) is 8.73. The number of carbonyl (C=O) groups is 1. The largest absolute Gasteiger partial charge is 0.493 e. The number of para-hydroxylation sites is 3. The monoisotopic (exact) mass is 531 g/mol. The molecule has 8 nitrogen and oxygen atoms in total. The zero-order valence-corrected chi connectivity index (χ0v) is 21.8. The third-order valence-corrected chi connectivity index (χ3v) is 7.30. The van der Waals surface area contributed by atoms with E-state index in [1.807, 2.05) is 66.2 Å². The van der Waals surface area contributed by atoms with Crippen molar-refractivity contribution in [3.63, 3.8) is 0 Å². The van der Waals surface area contributed by atoms with Crippen LogP contribution in [0.3, 0.4) is 0 Å². The van der Waals surface area contributed by atoms with Crippen molar-refractivity contribution >= 4 is 50.2 Å². The summed E-state index contributed by atoms with van der Waals surface area (Å²) in [6.45, 7) is 1.92. The lowest BCUT2D eigenvalue weighted by atomic mass is 10.1. The number of hydrogen-bond donors (Lipinski definition) is 1. The molecule has 190 valence electrons. The second-order valence-corrected chi connectivity index (χ2v) is 9.77. The number of esters is 1. The molecule has 9 heteroatoms. The molecule has 0 amide bonds. The fraction of sp³-hybridized carbons (Fsp3) is 0.0667. The SMILES string of the molecule is COc1cc(C=C(C#N)c2nc3ccccc3[nH]2)ccc1OC(=O)c1cc2c(C)nn(-c3ccccc3)c2s1. The van der Waals surface area contributed by atoms with Gasteiger partial charge in [0, 0.05) is 5.39 Å². The number of carbonyl (C=O) groups excluding carboxylic acids is 1. The molecule has 0 unspecified atom stereocenters. The lowest BCUT2D eigenvalue weighted by molar-refractivity contribution is 0.0735. The van der Waals surface area contributed by atoms with E-state index in [-0.39, 0.29) is 5.75 Å². The molecule has 0 aliphatic heterocycles. The molecule has 6 rings (SSSR count). The Hall–Kier alpha value is -5.20. The van der Waals surface area contributed by atoms with Crippen molar-refractivity contribution in [1.82, 2.24) is 19.7 Å².